The number of primary sulfonamides is 1. The number of rotatable bonds is 6. The molecule has 6 heteroatoms. The summed E-state index contributed by atoms with van der Waals surface area (Å²) in [5.74, 6) is 0.816. The van der Waals surface area contributed by atoms with E-state index in [9.17, 15) is 8.42 Å². The second kappa shape index (κ2) is 6.36. The van der Waals surface area contributed by atoms with Crippen LogP contribution >= 0.6 is 0 Å². The summed E-state index contributed by atoms with van der Waals surface area (Å²) in [6, 6.07) is 5.04. The number of nitrogens with two attached hydrogens (primary N) is 2. The van der Waals surface area contributed by atoms with Crippen molar-refractivity contribution in [1.29, 1.82) is 0 Å². The van der Waals surface area contributed by atoms with Gasteiger partial charge >= 0.3 is 0 Å². The molecule has 5 N–H and O–H groups in total. The fraction of sp³-hybridized carbons (Fsp3) is 0.538. The highest BCUT2D eigenvalue weighted by atomic mass is 32.2. The van der Waals surface area contributed by atoms with Gasteiger partial charge in [0.05, 0.1) is 4.90 Å². The number of anilines is 1. The average molecular weight is 285 g/mol. The highest BCUT2D eigenvalue weighted by Crippen LogP contribution is 2.22. The molecular formula is C13H23N3O2S. The topological polar surface area (TPSA) is 98.2 Å². The van der Waals surface area contributed by atoms with Crippen molar-refractivity contribution in [3.8, 4) is 0 Å². The van der Waals surface area contributed by atoms with Crippen molar-refractivity contribution in [2.24, 2.45) is 22.7 Å². The molecule has 1 atom stereocenters. The normalized spacial score (nSPS) is 13.6. The van der Waals surface area contributed by atoms with Crippen molar-refractivity contribution in [3.05, 3.63) is 23.8 Å². The first-order valence-electron chi connectivity index (χ1n) is 6.33. The highest BCUT2D eigenvalue weighted by Gasteiger charge is 2.15. The van der Waals surface area contributed by atoms with Gasteiger partial charge in [-0.1, -0.05) is 19.9 Å². The van der Waals surface area contributed by atoms with Crippen molar-refractivity contribution in [3.63, 3.8) is 0 Å². The highest BCUT2D eigenvalue weighted by molar-refractivity contribution is 7.89. The van der Waals surface area contributed by atoms with E-state index in [1.54, 1.807) is 13.0 Å². The van der Waals surface area contributed by atoms with Crippen LogP contribution in [0.3, 0.4) is 0 Å². The first kappa shape index (κ1) is 15.9. The molecule has 0 saturated carbocycles. The van der Waals surface area contributed by atoms with Crippen LogP contribution in [0.5, 0.6) is 0 Å². The molecule has 0 aliphatic heterocycles. The van der Waals surface area contributed by atoms with E-state index in [4.69, 9.17) is 10.9 Å². The minimum atomic E-state index is -3.68. The lowest BCUT2D eigenvalue weighted by Crippen LogP contribution is -2.27. The smallest absolute Gasteiger partial charge is 0.238 e. The molecule has 5 nitrogen and oxygen atoms in total. The summed E-state index contributed by atoms with van der Waals surface area (Å²) in [6.07, 6.45) is 0. The Balaban J connectivity index is 2.92. The van der Waals surface area contributed by atoms with Gasteiger partial charge in [-0.3, -0.25) is 0 Å². The zero-order valence-electron chi connectivity index (χ0n) is 11.7. The van der Waals surface area contributed by atoms with Crippen LogP contribution in [-0.4, -0.2) is 21.5 Å². The number of benzene rings is 1. The van der Waals surface area contributed by atoms with Crippen LogP contribution in [0.1, 0.15) is 19.4 Å². The van der Waals surface area contributed by atoms with Gasteiger partial charge in [0.2, 0.25) is 10.0 Å². The molecule has 0 radical (unpaired) electrons. The van der Waals surface area contributed by atoms with Crippen molar-refractivity contribution < 1.29 is 8.42 Å². The molecule has 19 heavy (non-hydrogen) atoms. The molecule has 0 heterocycles. The average Bonchev–Trinajstić information content (AvgIpc) is 2.29. The van der Waals surface area contributed by atoms with Crippen molar-refractivity contribution >= 4 is 15.7 Å². The Kier molecular flexibility index (Phi) is 5.34. The van der Waals surface area contributed by atoms with E-state index >= 15 is 0 Å². The maximum absolute atomic E-state index is 11.4. The molecule has 1 aromatic carbocycles. The molecule has 0 fully saturated rings. The molecule has 0 aliphatic carbocycles. The number of sulfonamides is 1. The van der Waals surface area contributed by atoms with Crippen LogP contribution < -0.4 is 16.2 Å². The number of hydrogen-bond acceptors (Lipinski definition) is 4. The fourth-order valence-corrected chi connectivity index (χ4v) is 2.75. The minimum absolute atomic E-state index is 0.159. The van der Waals surface area contributed by atoms with Crippen molar-refractivity contribution in [2.75, 3.05) is 18.4 Å². The Morgan fingerprint density at radius 3 is 2.42 bits per heavy atom. The molecule has 1 aromatic rings. The van der Waals surface area contributed by atoms with Crippen LogP contribution in [0.2, 0.25) is 0 Å². The van der Waals surface area contributed by atoms with Crippen LogP contribution in [0, 0.1) is 18.8 Å². The Morgan fingerprint density at radius 2 is 1.95 bits per heavy atom. The largest absolute Gasteiger partial charge is 0.384 e. The summed E-state index contributed by atoms with van der Waals surface area (Å²) < 4.78 is 22.9. The molecule has 0 amide bonds. The maximum Gasteiger partial charge on any atom is 0.238 e. The van der Waals surface area contributed by atoms with Gasteiger partial charge in [0.15, 0.2) is 0 Å². The second-order valence-corrected chi connectivity index (χ2v) is 6.62. The fourth-order valence-electron chi connectivity index (χ4n) is 1.95. The third kappa shape index (κ3) is 4.19. The Bertz CT molecular complexity index is 527. The number of hydrogen-bond donors (Lipinski definition) is 3. The third-order valence-corrected chi connectivity index (χ3v) is 4.45. The predicted octanol–water partition coefficient (Wildman–Crippen LogP) is 1.29. The zero-order valence-corrected chi connectivity index (χ0v) is 12.5. The Hall–Kier alpha value is -1.11. The summed E-state index contributed by atoms with van der Waals surface area (Å²) in [7, 11) is -3.68. The summed E-state index contributed by atoms with van der Waals surface area (Å²) in [4.78, 5) is 0.159. The van der Waals surface area contributed by atoms with Gasteiger partial charge in [-0.15, -0.1) is 0 Å². The van der Waals surface area contributed by atoms with Crippen molar-refractivity contribution in [1.82, 2.24) is 0 Å². The minimum Gasteiger partial charge on any atom is -0.384 e. The lowest BCUT2D eigenvalue weighted by atomic mass is 9.96. The van der Waals surface area contributed by atoms with Gasteiger partial charge < -0.3 is 11.1 Å². The Labute approximate surface area is 115 Å². The molecule has 1 unspecified atom stereocenters. The number of nitrogens with one attached hydrogen (secondary N) is 1. The molecule has 0 aromatic heterocycles. The van der Waals surface area contributed by atoms with E-state index in [2.05, 4.69) is 19.2 Å². The van der Waals surface area contributed by atoms with Crippen LogP contribution in [-0.2, 0) is 10.0 Å². The maximum atomic E-state index is 11.4. The van der Waals surface area contributed by atoms with Crippen LogP contribution in [0.25, 0.3) is 0 Å². The van der Waals surface area contributed by atoms with Gasteiger partial charge in [0.25, 0.3) is 0 Å². The second-order valence-electron chi connectivity index (χ2n) is 5.09. The van der Waals surface area contributed by atoms with E-state index in [0.29, 0.717) is 30.5 Å². The SMILES string of the molecule is Cc1c(NCC(CN)C(C)C)cccc1S(N)(=O)=O. The van der Waals surface area contributed by atoms with Gasteiger partial charge in [-0.05, 0) is 43.0 Å². The summed E-state index contributed by atoms with van der Waals surface area (Å²) >= 11 is 0. The Morgan fingerprint density at radius 1 is 1.32 bits per heavy atom. The molecule has 0 bridgehead atoms. The molecule has 0 saturated heterocycles. The molecular weight excluding hydrogens is 262 g/mol. The van der Waals surface area contributed by atoms with Gasteiger partial charge in [0.1, 0.15) is 0 Å². The molecule has 108 valence electrons. The lowest BCUT2D eigenvalue weighted by molar-refractivity contribution is 0.413. The quantitative estimate of drug-likeness (QED) is 0.733. The van der Waals surface area contributed by atoms with Crippen molar-refractivity contribution in [2.45, 2.75) is 25.7 Å². The van der Waals surface area contributed by atoms with Gasteiger partial charge in [-0.2, -0.15) is 0 Å². The first-order chi connectivity index (χ1) is 8.77. The molecule has 1 rings (SSSR count). The van der Waals surface area contributed by atoms with E-state index < -0.39 is 10.0 Å². The summed E-state index contributed by atoms with van der Waals surface area (Å²) in [6.45, 7) is 7.29. The van der Waals surface area contributed by atoms with Crippen LogP contribution in [0.15, 0.2) is 23.1 Å². The third-order valence-electron chi connectivity index (χ3n) is 3.39. The standard InChI is InChI=1S/C13H23N3O2S/c1-9(2)11(7-14)8-16-12-5-4-6-13(10(12)3)19(15,17)18/h4-6,9,11,16H,7-8,14H2,1-3H3,(H2,15,17,18). The predicted molar refractivity (Wildman–Crippen MR) is 78.4 cm³/mol. The van der Waals surface area contributed by atoms with E-state index in [1.807, 2.05) is 6.07 Å². The lowest BCUT2D eigenvalue weighted by Gasteiger charge is -2.21. The molecule has 0 aliphatic rings. The first-order valence-corrected chi connectivity index (χ1v) is 7.88. The molecule has 0 spiro atoms. The van der Waals surface area contributed by atoms with Gasteiger partial charge in [-0.25, -0.2) is 13.6 Å². The zero-order chi connectivity index (χ0) is 14.6. The van der Waals surface area contributed by atoms with E-state index in [0.717, 1.165) is 5.69 Å². The van der Waals surface area contributed by atoms with Crippen LogP contribution in [0.4, 0.5) is 5.69 Å². The van der Waals surface area contributed by atoms with Gasteiger partial charge in [0, 0.05) is 12.2 Å². The van der Waals surface area contributed by atoms with E-state index in [-0.39, 0.29) is 4.90 Å². The van der Waals surface area contributed by atoms with E-state index in [1.165, 1.54) is 6.07 Å². The monoisotopic (exact) mass is 285 g/mol. The summed E-state index contributed by atoms with van der Waals surface area (Å²) in [5.41, 5.74) is 7.15. The summed E-state index contributed by atoms with van der Waals surface area (Å²) in [5, 5.41) is 8.44.